The van der Waals surface area contributed by atoms with Crippen molar-refractivity contribution in [3.63, 3.8) is 0 Å². The summed E-state index contributed by atoms with van der Waals surface area (Å²) in [5, 5.41) is 8.87. The van der Waals surface area contributed by atoms with Crippen LogP contribution < -0.4 is 9.80 Å². The van der Waals surface area contributed by atoms with Gasteiger partial charge in [-0.3, -0.25) is 9.48 Å². The Morgan fingerprint density at radius 3 is 2.30 bits per heavy atom. The minimum atomic E-state index is -0.0400. The number of ketones is 1. The smallest absolute Gasteiger partial charge is 0.225 e. The van der Waals surface area contributed by atoms with E-state index in [0.29, 0.717) is 11.5 Å². The maximum absolute atomic E-state index is 12.3. The third kappa shape index (κ3) is 4.71. The molecule has 5 heterocycles. The standard InChI is InChI=1S/C28H26N8O/c1-33-19-24(17-31-33)23-8-9-25-26(18-32-36(25)20-23)34-11-13-35(14-12-34)28-29-15-21(16-30-28)7-10-27(37)22-5-3-2-4-6-22/h2-10,15-20H,11-14H2,1H3. The van der Waals surface area contributed by atoms with Crippen molar-refractivity contribution in [2.24, 2.45) is 7.05 Å². The van der Waals surface area contributed by atoms with Crippen LogP contribution in [0.3, 0.4) is 0 Å². The minimum absolute atomic E-state index is 0.0400. The van der Waals surface area contributed by atoms with Gasteiger partial charge in [-0.05, 0) is 18.2 Å². The highest BCUT2D eigenvalue weighted by molar-refractivity contribution is 6.06. The molecule has 0 atom stereocenters. The van der Waals surface area contributed by atoms with E-state index in [9.17, 15) is 4.79 Å². The highest BCUT2D eigenvalue weighted by Gasteiger charge is 2.21. The zero-order valence-corrected chi connectivity index (χ0v) is 20.5. The summed E-state index contributed by atoms with van der Waals surface area (Å²) in [6, 6.07) is 13.4. The molecule has 1 saturated heterocycles. The molecular weight excluding hydrogens is 464 g/mol. The molecule has 0 N–H and O–H groups in total. The zero-order chi connectivity index (χ0) is 25.2. The van der Waals surface area contributed by atoms with Crippen molar-refractivity contribution in [3.05, 3.63) is 96.8 Å². The van der Waals surface area contributed by atoms with Gasteiger partial charge in [0.1, 0.15) is 0 Å². The lowest BCUT2D eigenvalue weighted by Crippen LogP contribution is -2.47. The predicted octanol–water partition coefficient (Wildman–Crippen LogP) is 3.75. The van der Waals surface area contributed by atoms with Crippen LogP contribution >= 0.6 is 0 Å². The van der Waals surface area contributed by atoms with Crippen LogP contribution in [0.1, 0.15) is 15.9 Å². The maximum atomic E-state index is 12.3. The van der Waals surface area contributed by atoms with Crippen LogP contribution in [0.5, 0.6) is 0 Å². The van der Waals surface area contributed by atoms with E-state index < -0.39 is 0 Å². The molecule has 37 heavy (non-hydrogen) atoms. The number of fused-ring (bicyclic) bond motifs is 1. The number of anilines is 2. The number of benzene rings is 1. The normalized spacial score (nSPS) is 14.1. The molecule has 1 aliphatic rings. The highest BCUT2D eigenvalue weighted by atomic mass is 16.1. The molecule has 184 valence electrons. The lowest BCUT2D eigenvalue weighted by Gasteiger charge is -2.35. The van der Waals surface area contributed by atoms with Gasteiger partial charge >= 0.3 is 0 Å². The molecule has 6 rings (SSSR count). The van der Waals surface area contributed by atoms with Crippen LogP contribution in [0.4, 0.5) is 11.6 Å². The number of hydrogen-bond acceptors (Lipinski definition) is 7. The van der Waals surface area contributed by atoms with Crippen LogP contribution in [-0.2, 0) is 7.05 Å². The number of carbonyl (C=O) groups is 1. The van der Waals surface area contributed by atoms with Crippen molar-refractivity contribution in [2.75, 3.05) is 36.0 Å². The van der Waals surface area contributed by atoms with Gasteiger partial charge in [0.15, 0.2) is 5.78 Å². The van der Waals surface area contributed by atoms with Crippen molar-refractivity contribution >= 4 is 29.0 Å². The van der Waals surface area contributed by atoms with Gasteiger partial charge in [-0.1, -0.05) is 36.4 Å². The first kappa shape index (κ1) is 22.7. The molecule has 0 amide bonds. The van der Waals surface area contributed by atoms with Crippen molar-refractivity contribution in [3.8, 4) is 11.1 Å². The Labute approximate surface area is 214 Å². The van der Waals surface area contributed by atoms with Crippen LogP contribution in [0, 0.1) is 0 Å². The fraction of sp³-hybridized carbons (Fsp3) is 0.179. The summed E-state index contributed by atoms with van der Waals surface area (Å²) in [5.41, 5.74) is 5.82. The molecular formula is C28H26N8O. The van der Waals surface area contributed by atoms with E-state index in [0.717, 1.165) is 54.1 Å². The van der Waals surface area contributed by atoms with E-state index in [1.807, 2.05) is 54.5 Å². The number of nitrogens with zero attached hydrogens (tertiary/aromatic N) is 8. The molecule has 0 spiro atoms. The van der Waals surface area contributed by atoms with Gasteiger partial charge in [0, 0.05) is 80.3 Å². The summed E-state index contributed by atoms with van der Waals surface area (Å²) < 4.78 is 3.73. The van der Waals surface area contributed by atoms with Gasteiger partial charge in [-0.25, -0.2) is 14.5 Å². The van der Waals surface area contributed by atoms with Crippen LogP contribution in [0.25, 0.3) is 22.7 Å². The molecule has 0 bridgehead atoms. The summed E-state index contributed by atoms with van der Waals surface area (Å²) in [6.07, 6.45) is 14.7. The molecule has 4 aromatic heterocycles. The highest BCUT2D eigenvalue weighted by Crippen LogP contribution is 2.26. The largest absolute Gasteiger partial charge is 0.365 e. The Bertz CT molecular complexity index is 1560. The fourth-order valence-electron chi connectivity index (χ4n) is 4.55. The summed E-state index contributed by atoms with van der Waals surface area (Å²) in [4.78, 5) is 25.9. The molecule has 9 heteroatoms. The van der Waals surface area contributed by atoms with E-state index in [-0.39, 0.29) is 5.78 Å². The molecule has 1 aliphatic heterocycles. The molecule has 1 aromatic carbocycles. The first-order chi connectivity index (χ1) is 18.1. The van der Waals surface area contributed by atoms with Gasteiger partial charge in [-0.2, -0.15) is 10.2 Å². The Balaban J connectivity index is 1.09. The molecule has 9 nitrogen and oxygen atoms in total. The van der Waals surface area contributed by atoms with Crippen molar-refractivity contribution in [2.45, 2.75) is 0 Å². The summed E-state index contributed by atoms with van der Waals surface area (Å²) in [5.74, 6) is 0.661. The molecule has 0 unspecified atom stereocenters. The topological polar surface area (TPSA) is 84.5 Å². The second kappa shape index (κ2) is 9.69. The quantitative estimate of drug-likeness (QED) is 0.265. The van der Waals surface area contributed by atoms with Gasteiger partial charge < -0.3 is 9.80 Å². The summed E-state index contributed by atoms with van der Waals surface area (Å²) in [6.45, 7) is 3.32. The first-order valence-electron chi connectivity index (χ1n) is 12.2. The number of pyridine rings is 1. The number of allylic oxidation sites excluding steroid dienone is 1. The number of rotatable bonds is 6. The predicted molar refractivity (Wildman–Crippen MR) is 144 cm³/mol. The summed E-state index contributed by atoms with van der Waals surface area (Å²) in [7, 11) is 1.92. The second-order valence-corrected chi connectivity index (χ2v) is 9.03. The molecule has 0 saturated carbocycles. The lowest BCUT2D eigenvalue weighted by molar-refractivity contribution is 0.104. The molecule has 1 fully saturated rings. The number of aromatic nitrogens is 6. The third-order valence-electron chi connectivity index (χ3n) is 6.58. The second-order valence-electron chi connectivity index (χ2n) is 9.03. The fourth-order valence-corrected chi connectivity index (χ4v) is 4.55. The van der Waals surface area contributed by atoms with Gasteiger partial charge in [-0.15, -0.1) is 0 Å². The average Bonchev–Trinajstić information content (AvgIpc) is 3.58. The van der Waals surface area contributed by atoms with E-state index in [2.05, 4.69) is 42.1 Å². The number of piperazine rings is 1. The third-order valence-corrected chi connectivity index (χ3v) is 6.58. The van der Waals surface area contributed by atoms with E-state index in [1.165, 1.54) is 0 Å². The van der Waals surface area contributed by atoms with Crippen molar-refractivity contribution < 1.29 is 4.79 Å². The first-order valence-corrected chi connectivity index (χ1v) is 12.2. The van der Waals surface area contributed by atoms with Crippen LogP contribution in [-0.4, -0.2) is 61.3 Å². The Morgan fingerprint density at radius 2 is 1.57 bits per heavy atom. The molecule has 0 radical (unpaired) electrons. The van der Waals surface area contributed by atoms with Gasteiger partial charge in [0.25, 0.3) is 0 Å². The Hall–Kier alpha value is -4.79. The van der Waals surface area contributed by atoms with Crippen LogP contribution in [0.15, 0.2) is 85.7 Å². The van der Waals surface area contributed by atoms with E-state index >= 15 is 0 Å². The Kier molecular flexibility index (Phi) is 5.94. The monoisotopic (exact) mass is 490 g/mol. The van der Waals surface area contributed by atoms with Crippen molar-refractivity contribution in [1.29, 1.82) is 0 Å². The zero-order valence-electron chi connectivity index (χ0n) is 20.5. The van der Waals surface area contributed by atoms with E-state index in [4.69, 9.17) is 0 Å². The minimum Gasteiger partial charge on any atom is -0.365 e. The summed E-state index contributed by atoms with van der Waals surface area (Å²) >= 11 is 0. The van der Waals surface area contributed by atoms with Gasteiger partial charge in [0.2, 0.25) is 5.95 Å². The average molecular weight is 491 g/mol. The number of carbonyl (C=O) groups excluding carboxylic acids is 1. The molecule has 5 aromatic rings. The Morgan fingerprint density at radius 1 is 0.811 bits per heavy atom. The SMILES string of the molecule is Cn1cc(-c2ccc3c(N4CCN(c5ncc(C=CC(=O)c6ccccc6)cn5)CC4)cnn3c2)cn1. The number of aryl methyl sites for hydroxylation is 1. The van der Waals surface area contributed by atoms with E-state index in [1.54, 1.807) is 41.4 Å². The molecule has 0 aliphatic carbocycles. The maximum Gasteiger partial charge on any atom is 0.225 e. The number of hydrogen-bond donors (Lipinski definition) is 0. The van der Waals surface area contributed by atoms with Crippen LogP contribution in [0.2, 0.25) is 0 Å². The van der Waals surface area contributed by atoms with Crippen molar-refractivity contribution in [1.82, 2.24) is 29.4 Å². The lowest BCUT2D eigenvalue weighted by atomic mass is 10.1. The van der Waals surface area contributed by atoms with Gasteiger partial charge in [0.05, 0.1) is 23.6 Å².